The molecule has 0 bridgehead atoms. The molecule has 90 valence electrons. The van der Waals surface area contributed by atoms with E-state index in [-0.39, 0.29) is 17.7 Å². The molecule has 0 atom stereocenters. The van der Waals surface area contributed by atoms with Crippen LogP contribution in [0.3, 0.4) is 0 Å². The summed E-state index contributed by atoms with van der Waals surface area (Å²) in [4.78, 5) is 0. The van der Waals surface area contributed by atoms with Crippen molar-refractivity contribution < 1.29 is 9.21 Å². The maximum absolute atomic E-state index is 15.1. The Morgan fingerprint density at radius 2 is 1.50 bits per heavy atom. The zero-order valence-electron chi connectivity index (χ0n) is 10.5. The van der Waals surface area contributed by atoms with Crippen molar-refractivity contribution in [2.75, 3.05) is 0 Å². The molecular weight excluding hydrogens is 219 g/mol. The average molecular weight is 240 g/mol. The van der Waals surface area contributed by atoms with Crippen LogP contribution in [-0.2, 0) is 6.61 Å². The van der Waals surface area contributed by atoms with Crippen LogP contribution in [-0.4, -0.2) is 13.5 Å². The largest absolute Gasteiger partial charge is 0.392 e. The normalized spacial score (nSPS) is 12.5. The Morgan fingerprint density at radius 1 is 1.06 bits per heavy atom. The van der Waals surface area contributed by atoms with Crippen LogP contribution in [0.2, 0.25) is 11.1 Å². The van der Waals surface area contributed by atoms with E-state index in [9.17, 15) is 0 Å². The van der Waals surface area contributed by atoms with Crippen molar-refractivity contribution in [3.05, 3.63) is 29.8 Å². The molecule has 0 fully saturated rings. The zero-order chi connectivity index (χ0) is 12.3. The van der Waals surface area contributed by atoms with Crippen molar-refractivity contribution in [3.63, 3.8) is 0 Å². The summed E-state index contributed by atoms with van der Waals surface area (Å²) in [5.41, 5.74) is 0.993. The molecular formula is C13H21FOSi. The number of hydrogen-bond donors (Lipinski definition) is 1. The second-order valence-electron chi connectivity index (χ2n) is 4.93. The van der Waals surface area contributed by atoms with E-state index in [1.54, 1.807) is 0 Å². The lowest BCUT2D eigenvalue weighted by Gasteiger charge is -2.30. The second kappa shape index (κ2) is 5.10. The Morgan fingerprint density at radius 3 is 1.81 bits per heavy atom. The maximum atomic E-state index is 15.1. The van der Waals surface area contributed by atoms with Crippen LogP contribution >= 0.6 is 0 Å². The highest BCUT2D eigenvalue weighted by Gasteiger charge is 2.43. The first kappa shape index (κ1) is 13.4. The van der Waals surface area contributed by atoms with Crippen molar-refractivity contribution in [2.45, 2.75) is 45.4 Å². The summed E-state index contributed by atoms with van der Waals surface area (Å²) in [6, 6.07) is 7.33. The molecule has 16 heavy (non-hydrogen) atoms. The second-order valence-corrected chi connectivity index (χ2v) is 9.36. The fraction of sp³-hybridized carbons (Fsp3) is 0.538. The first-order chi connectivity index (χ1) is 7.42. The predicted molar refractivity (Wildman–Crippen MR) is 69.1 cm³/mol. The molecule has 0 aliphatic carbocycles. The SMILES string of the molecule is CC(C)[Si]([19F])(c1ccc(CO)cc1)C(C)C. The number of hydrogen-bond acceptors (Lipinski definition) is 1. The molecule has 0 aliphatic heterocycles. The minimum atomic E-state index is -2.90. The van der Waals surface area contributed by atoms with Crippen LogP contribution in [0.1, 0.15) is 33.3 Å². The summed E-state index contributed by atoms with van der Waals surface area (Å²) in [5.74, 6) is 0. The van der Waals surface area contributed by atoms with Gasteiger partial charge in [0.1, 0.15) is 0 Å². The van der Waals surface area contributed by atoms with Gasteiger partial charge in [-0.05, 0) is 21.8 Å². The van der Waals surface area contributed by atoms with Gasteiger partial charge in [0.05, 0.1) is 6.61 Å². The van der Waals surface area contributed by atoms with Gasteiger partial charge in [0.25, 0.3) is 8.41 Å². The lowest BCUT2D eigenvalue weighted by Crippen LogP contribution is -2.49. The van der Waals surface area contributed by atoms with Gasteiger partial charge in [-0.2, -0.15) is 0 Å². The van der Waals surface area contributed by atoms with E-state index in [0.717, 1.165) is 10.8 Å². The molecule has 0 radical (unpaired) electrons. The van der Waals surface area contributed by atoms with Crippen molar-refractivity contribution >= 4 is 13.6 Å². The highest BCUT2D eigenvalue weighted by molar-refractivity contribution is 6.88. The van der Waals surface area contributed by atoms with Crippen LogP contribution < -0.4 is 5.19 Å². The molecule has 0 amide bonds. The van der Waals surface area contributed by atoms with Crippen molar-refractivity contribution in [1.29, 1.82) is 0 Å². The van der Waals surface area contributed by atoms with E-state index in [2.05, 4.69) is 0 Å². The van der Waals surface area contributed by atoms with E-state index in [1.165, 1.54) is 0 Å². The third-order valence-corrected chi connectivity index (χ3v) is 7.84. The van der Waals surface area contributed by atoms with E-state index in [0.29, 0.717) is 0 Å². The van der Waals surface area contributed by atoms with Gasteiger partial charge in [-0.3, -0.25) is 0 Å². The third-order valence-electron chi connectivity index (χ3n) is 3.26. The molecule has 3 heteroatoms. The van der Waals surface area contributed by atoms with E-state index in [4.69, 9.17) is 5.11 Å². The first-order valence-corrected chi connectivity index (χ1v) is 7.85. The van der Waals surface area contributed by atoms with E-state index >= 15 is 4.11 Å². The molecule has 0 saturated heterocycles. The van der Waals surface area contributed by atoms with Gasteiger partial charge < -0.3 is 9.21 Å². The molecule has 1 N–H and O–H groups in total. The Kier molecular flexibility index (Phi) is 4.27. The quantitative estimate of drug-likeness (QED) is 0.633. The standard InChI is InChI=1S/C13H21FOSi/c1-10(2)16(14,11(3)4)13-7-5-12(9-15)6-8-13/h5-8,10-11,15H,9H2,1-4H3/i14+0. The van der Waals surface area contributed by atoms with Crippen LogP contribution in [0.5, 0.6) is 0 Å². The Labute approximate surface area is 98.5 Å². The monoisotopic (exact) mass is 240 g/mol. The Bertz CT molecular complexity index is 324. The molecule has 0 aromatic heterocycles. The first-order valence-electron chi connectivity index (χ1n) is 5.82. The summed E-state index contributed by atoms with van der Waals surface area (Å²) < 4.78 is 15.1. The van der Waals surface area contributed by atoms with Crippen LogP contribution in [0.4, 0.5) is 4.11 Å². The van der Waals surface area contributed by atoms with Crippen LogP contribution in [0, 0.1) is 0 Å². The van der Waals surface area contributed by atoms with Gasteiger partial charge in [0.2, 0.25) is 0 Å². The number of rotatable bonds is 4. The Balaban J connectivity index is 3.12. The molecule has 0 unspecified atom stereocenters. The summed E-state index contributed by atoms with van der Waals surface area (Å²) in [6.45, 7) is 7.88. The molecule has 1 aromatic carbocycles. The summed E-state index contributed by atoms with van der Waals surface area (Å²) in [7, 11) is -2.90. The minimum Gasteiger partial charge on any atom is -0.392 e. The minimum absolute atomic E-state index is 0.0183. The van der Waals surface area contributed by atoms with Crippen molar-refractivity contribution in [3.8, 4) is 0 Å². The third kappa shape index (κ3) is 2.35. The topological polar surface area (TPSA) is 20.2 Å². The highest BCUT2D eigenvalue weighted by Crippen LogP contribution is 2.33. The molecule has 0 heterocycles. The number of aliphatic hydroxyl groups is 1. The molecule has 1 rings (SSSR count). The lowest BCUT2D eigenvalue weighted by atomic mass is 10.2. The number of benzene rings is 1. The lowest BCUT2D eigenvalue weighted by molar-refractivity contribution is 0.282. The molecule has 0 spiro atoms. The van der Waals surface area contributed by atoms with Gasteiger partial charge in [-0.15, -0.1) is 0 Å². The van der Waals surface area contributed by atoms with Gasteiger partial charge >= 0.3 is 0 Å². The predicted octanol–water partition coefficient (Wildman–Crippen LogP) is 3.12. The summed E-state index contributed by atoms with van der Waals surface area (Å²) >= 11 is 0. The summed E-state index contributed by atoms with van der Waals surface area (Å²) in [6.07, 6.45) is 0. The van der Waals surface area contributed by atoms with E-state index in [1.807, 2.05) is 52.0 Å². The Hall–Kier alpha value is -0.673. The van der Waals surface area contributed by atoms with Gasteiger partial charge in [-0.25, -0.2) is 0 Å². The zero-order valence-corrected chi connectivity index (χ0v) is 11.5. The average Bonchev–Trinajstić information content (AvgIpc) is 2.27. The fourth-order valence-corrected chi connectivity index (χ4v) is 5.54. The number of halogens is 1. The van der Waals surface area contributed by atoms with Crippen LogP contribution in [0.25, 0.3) is 0 Å². The van der Waals surface area contributed by atoms with E-state index < -0.39 is 8.41 Å². The maximum Gasteiger partial charge on any atom is 0.282 e. The summed E-state index contributed by atoms with van der Waals surface area (Å²) in [5, 5.41) is 9.81. The highest BCUT2D eigenvalue weighted by atomic mass is 28.4. The van der Waals surface area contributed by atoms with Crippen LogP contribution in [0.15, 0.2) is 24.3 Å². The number of aliphatic hydroxyl groups excluding tert-OH is 1. The fourth-order valence-electron chi connectivity index (χ4n) is 2.20. The molecule has 0 saturated carbocycles. The molecule has 1 nitrogen and oxygen atoms in total. The molecule has 1 aromatic rings. The van der Waals surface area contributed by atoms with Gasteiger partial charge in [0.15, 0.2) is 0 Å². The molecule has 0 aliphatic rings. The smallest absolute Gasteiger partial charge is 0.282 e. The van der Waals surface area contributed by atoms with Gasteiger partial charge in [-0.1, -0.05) is 52.0 Å². The van der Waals surface area contributed by atoms with Gasteiger partial charge in [0, 0.05) is 0 Å². The van der Waals surface area contributed by atoms with Crippen molar-refractivity contribution in [1.82, 2.24) is 0 Å². The van der Waals surface area contributed by atoms with Crippen molar-refractivity contribution in [2.24, 2.45) is 0 Å².